The van der Waals surface area contributed by atoms with Crippen molar-refractivity contribution in [2.75, 3.05) is 6.61 Å². The quantitative estimate of drug-likeness (QED) is 0.770. The lowest BCUT2D eigenvalue weighted by atomic mass is 9.49. The highest BCUT2D eigenvalue weighted by Gasteiger charge is 2.50. The van der Waals surface area contributed by atoms with Gasteiger partial charge < -0.3 is 9.42 Å². The molecule has 3 nitrogen and oxygen atoms in total. The summed E-state index contributed by atoms with van der Waals surface area (Å²) in [5.74, 6) is 3.82. The fraction of sp³-hybridized carbons (Fsp3) is 0.857. The summed E-state index contributed by atoms with van der Waals surface area (Å²) >= 11 is 0. The van der Waals surface area contributed by atoms with Gasteiger partial charge in [0.1, 0.15) is 0 Å². The van der Waals surface area contributed by atoms with Crippen LogP contribution in [0.25, 0.3) is 0 Å². The minimum Gasteiger partial charge on any atom is -0.321 e. The standard InChI is InChI=1S/C14H23O3P/c1-2-18(15,16)17-4-3-14-8-11-5-12(9-14)7-13(6-11)10-14/h2,11-13H,1,3-10H2,(H,15,16). The van der Waals surface area contributed by atoms with Crippen molar-refractivity contribution in [1.29, 1.82) is 0 Å². The first kappa shape index (κ1) is 12.9. The van der Waals surface area contributed by atoms with Gasteiger partial charge in [-0.05, 0) is 68.1 Å². The van der Waals surface area contributed by atoms with Gasteiger partial charge in [-0.3, -0.25) is 4.57 Å². The Hall–Kier alpha value is -0.110. The van der Waals surface area contributed by atoms with E-state index in [-0.39, 0.29) is 0 Å². The molecule has 0 heterocycles. The van der Waals surface area contributed by atoms with Crippen molar-refractivity contribution in [3.8, 4) is 0 Å². The molecule has 4 saturated carbocycles. The van der Waals surface area contributed by atoms with Crippen LogP contribution in [0.5, 0.6) is 0 Å². The molecule has 1 N–H and O–H groups in total. The SMILES string of the molecule is C=CP(=O)(O)OCCC12CC3CC(CC(C3)C1)C2. The Labute approximate surface area is 109 Å². The molecule has 4 rings (SSSR count). The second kappa shape index (κ2) is 4.47. The zero-order valence-electron chi connectivity index (χ0n) is 10.9. The summed E-state index contributed by atoms with van der Waals surface area (Å²) in [6, 6.07) is 0. The number of rotatable bonds is 5. The van der Waals surface area contributed by atoms with Crippen molar-refractivity contribution in [2.24, 2.45) is 23.2 Å². The first-order valence-corrected chi connectivity index (χ1v) is 8.76. The van der Waals surface area contributed by atoms with E-state index >= 15 is 0 Å². The Bertz CT molecular complexity index is 355. The zero-order valence-corrected chi connectivity index (χ0v) is 11.8. The molecule has 0 spiro atoms. The fourth-order valence-corrected chi connectivity index (χ4v) is 5.50. The molecule has 4 bridgehead atoms. The summed E-state index contributed by atoms with van der Waals surface area (Å²) in [6.45, 7) is 3.75. The van der Waals surface area contributed by atoms with E-state index in [4.69, 9.17) is 4.52 Å². The third-order valence-electron chi connectivity index (χ3n) is 5.30. The van der Waals surface area contributed by atoms with E-state index in [1.54, 1.807) is 0 Å². The minimum absolute atomic E-state index is 0.409. The molecule has 18 heavy (non-hydrogen) atoms. The maximum Gasteiger partial charge on any atom is 0.351 e. The summed E-state index contributed by atoms with van der Waals surface area (Å²) in [7, 11) is -3.52. The normalized spacial score (nSPS) is 44.8. The van der Waals surface area contributed by atoms with Gasteiger partial charge in [-0.1, -0.05) is 6.58 Å². The molecule has 0 saturated heterocycles. The second-order valence-electron chi connectivity index (χ2n) is 6.75. The van der Waals surface area contributed by atoms with Crippen LogP contribution in [0.15, 0.2) is 12.4 Å². The van der Waals surface area contributed by atoms with Crippen LogP contribution >= 0.6 is 7.60 Å². The molecule has 4 fully saturated rings. The minimum atomic E-state index is -3.52. The Morgan fingerprint density at radius 1 is 1.22 bits per heavy atom. The van der Waals surface area contributed by atoms with Gasteiger partial charge in [0.25, 0.3) is 0 Å². The first-order valence-electron chi connectivity index (χ1n) is 7.11. The maximum absolute atomic E-state index is 11.4. The molecular formula is C14H23O3P. The van der Waals surface area contributed by atoms with Gasteiger partial charge in [0.15, 0.2) is 0 Å². The van der Waals surface area contributed by atoms with Crippen LogP contribution in [0.2, 0.25) is 0 Å². The van der Waals surface area contributed by atoms with Crippen LogP contribution in [0.1, 0.15) is 44.9 Å². The Balaban J connectivity index is 1.59. The molecule has 4 heteroatoms. The molecule has 1 atom stereocenters. The summed E-state index contributed by atoms with van der Waals surface area (Å²) in [5.41, 5.74) is 0.427. The van der Waals surface area contributed by atoms with E-state index in [0.29, 0.717) is 12.0 Å². The molecule has 0 aromatic heterocycles. The summed E-state index contributed by atoms with van der Waals surface area (Å²) in [5, 5.41) is 0. The van der Waals surface area contributed by atoms with Crippen LogP contribution in [0.4, 0.5) is 0 Å². The third kappa shape index (κ3) is 2.45. The van der Waals surface area contributed by atoms with Crippen molar-refractivity contribution in [3.63, 3.8) is 0 Å². The van der Waals surface area contributed by atoms with Gasteiger partial charge in [0.05, 0.1) is 6.61 Å². The lowest BCUT2D eigenvalue weighted by molar-refractivity contribution is -0.0624. The molecule has 4 aliphatic carbocycles. The van der Waals surface area contributed by atoms with Gasteiger partial charge in [-0.15, -0.1) is 0 Å². The van der Waals surface area contributed by atoms with Crippen molar-refractivity contribution < 1.29 is 14.0 Å². The molecule has 0 aromatic carbocycles. The lowest BCUT2D eigenvalue weighted by Crippen LogP contribution is -2.46. The van der Waals surface area contributed by atoms with Gasteiger partial charge in [0.2, 0.25) is 0 Å². The summed E-state index contributed by atoms with van der Waals surface area (Å²) in [4.78, 5) is 9.35. The smallest absolute Gasteiger partial charge is 0.321 e. The van der Waals surface area contributed by atoms with Crippen LogP contribution in [0.3, 0.4) is 0 Å². The Morgan fingerprint density at radius 3 is 2.17 bits per heavy atom. The highest BCUT2D eigenvalue weighted by atomic mass is 31.2. The van der Waals surface area contributed by atoms with Crippen molar-refractivity contribution >= 4 is 7.60 Å². The van der Waals surface area contributed by atoms with Crippen LogP contribution < -0.4 is 0 Å². The molecular weight excluding hydrogens is 247 g/mol. The average molecular weight is 270 g/mol. The number of hydrogen-bond acceptors (Lipinski definition) is 2. The third-order valence-corrected chi connectivity index (χ3v) is 6.32. The molecule has 0 amide bonds. The molecule has 0 radical (unpaired) electrons. The predicted molar refractivity (Wildman–Crippen MR) is 71.2 cm³/mol. The van der Waals surface area contributed by atoms with E-state index in [1.807, 2.05) is 0 Å². The first-order chi connectivity index (χ1) is 8.50. The van der Waals surface area contributed by atoms with Gasteiger partial charge in [0, 0.05) is 5.82 Å². The average Bonchev–Trinajstić information content (AvgIpc) is 2.26. The van der Waals surface area contributed by atoms with E-state index in [1.165, 1.54) is 38.5 Å². The molecule has 102 valence electrons. The van der Waals surface area contributed by atoms with Gasteiger partial charge in [-0.2, -0.15) is 0 Å². The molecule has 1 unspecified atom stereocenters. The van der Waals surface area contributed by atoms with E-state index in [9.17, 15) is 9.46 Å². The predicted octanol–water partition coefficient (Wildman–Crippen LogP) is 3.94. The summed E-state index contributed by atoms with van der Waals surface area (Å²) < 4.78 is 16.5. The monoisotopic (exact) mass is 270 g/mol. The van der Waals surface area contributed by atoms with E-state index in [2.05, 4.69) is 6.58 Å². The van der Waals surface area contributed by atoms with Crippen LogP contribution in [-0.4, -0.2) is 11.5 Å². The fourth-order valence-electron chi connectivity index (χ4n) is 5.04. The van der Waals surface area contributed by atoms with Crippen molar-refractivity contribution in [2.45, 2.75) is 44.9 Å². The van der Waals surface area contributed by atoms with Crippen LogP contribution in [-0.2, 0) is 9.09 Å². The number of hydrogen-bond donors (Lipinski definition) is 1. The van der Waals surface area contributed by atoms with Gasteiger partial charge >= 0.3 is 7.60 Å². The Morgan fingerprint density at radius 2 is 1.72 bits per heavy atom. The van der Waals surface area contributed by atoms with E-state index < -0.39 is 7.60 Å². The van der Waals surface area contributed by atoms with E-state index in [0.717, 1.165) is 30.0 Å². The largest absolute Gasteiger partial charge is 0.351 e. The summed E-state index contributed by atoms with van der Waals surface area (Å²) in [6.07, 6.45) is 9.24. The zero-order chi connectivity index (χ0) is 12.8. The Kier molecular flexibility index (Phi) is 3.20. The van der Waals surface area contributed by atoms with Gasteiger partial charge in [-0.25, -0.2) is 0 Å². The molecule has 4 aliphatic rings. The lowest BCUT2D eigenvalue weighted by Gasteiger charge is -2.57. The maximum atomic E-state index is 11.4. The highest BCUT2D eigenvalue weighted by molar-refractivity contribution is 7.56. The molecule has 0 aromatic rings. The van der Waals surface area contributed by atoms with Crippen molar-refractivity contribution in [3.05, 3.63) is 12.4 Å². The van der Waals surface area contributed by atoms with Crippen molar-refractivity contribution in [1.82, 2.24) is 0 Å². The second-order valence-corrected chi connectivity index (χ2v) is 8.50. The van der Waals surface area contributed by atoms with Crippen LogP contribution in [0, 0.1) is 23.2 Å². The topological polar surface area (TPSA) is 46.5 Å². The molecule has 0 aliphatic heterocycles. The highest BCUT2D eigenvalue weighted by Crippen LogP contribution is 2.61.